The van der Waals surface area contributed by atoms with Crippen molar-refractivity contribution in [2.45, 2.75) is 6.42 Å². The number of carbonyl (C=O) groups excluding carboxylic acids is 1. The first-order valence-corrected chi connectivity index (χ1v) is 6.20. The number of pyridine rings is 1. The van der Waals surface area contributed by atoms with Gasteiger partial charge in [-0.15, -0.1) is 11.3 Å². The average molecular weight is 258 g/mol. The van der Waals surface area contributed by atoms with E-state index in [1.165, 1.54) is 17.5 Å². The standard InChI is InChI=1S/C12H10N4OS/c13-12(17)9-7-15-11(18-9)6-8-1-3-16-4-2-14-10(16)5-8/h1-5,7H,6H2,(H2,13,17). The van der Waals surface area contributed by atoms with Gasteiger partial charge in [-0.3, -0.25) is 4.79 Å². The van der Waals surface area contributed by atoms with Crippen molar-refractivity contribution in [3.63, 3.8) is 0 Å². The van der Waals surface area contributed by atoms with Gasteiger partial charge in [-0.2, -0.15) is 0 Å². The van der Waals surface area contributed by atoms with E-state index in [0.29, 0.717) is 11.3 Å². The number of thiazole rings is 1. The summed E-state index contributed by atoms with van der Waals surface area (Å²) < 4.78 is 1.94. The third-order valence-corrected chi connectivity index (χ3v) is 3.63. The van der Waals surface area contributed by atoms with Crippen LogP contribution in [-0.4, -0.2) is 20.3 Å². The molecule has 3 heterocycles. The first-order valence-electron chi connectivity index (χ1n) is 5.38. The lowest BCUT2D eigenvalue weighted by molar-refractivity contribution is 0.100. The van der Waals surface area contributed by atoms with Crippen LogP contribution in [0.4, 0.5) is 0 Å². The minimum absolute atomic E-state index is 0.428. The van der Waals surface area contributed by atoms with E-state index in [0.717, 1.165) is 16.2 Å². The second kappa shape index (κ2) is 4.23. The highest BCUT2D eigenvalue weighted by molar-refractivity contribution is 7.13. The number of amides is 1. The van der Waals surface area contributed by atoms with Gasteiger partial charge < -0.3 is 10.1 Å². The second-order valence-electron chi connectivity index (χ2n) is 3.89. The number of aromatic nitrogens is 3. The van der Waals surface area contributed by atoms with Gasteiger partial charge in [0.15, 0.2) is 0 Å². The van der Waals surface area contributed by atoms with Crippen molar-refractivity contribution in [2.24, 2.45) is 5.73 Å². The summed E-state index contributed by atoms with van der Waals surface area (Å²) in [6, 6.07) is 4.02. The van der Waals surface area contributed by atoms with E-state index in [1.54, 1.807) is 6.20 Å². The topological polar surface area (TPSA) is 73.3 Å². The number of hydrogen-bond acceptors (Lipinski definition) is 4. The minimum atomic E-state index is -0.428. The zero-order valence-corrected chi connectivity index (χ0v) is 10.2. The first kappa shape index (κ1) is 10.9. The molecule has 3 rings (SSSR count). The predicted octanol–water partition coefficient (Wildman–Crippen LogP) is 1.48. The van der Waals surface area contributed by atoms with Crippen molar-refractivity contribution < 1.29 is 4.79 Å². The van der Waals surface area contributed by atoms with Crippen LogP contribution in [0.25, 0.3) is 5.65 Å². The SMILES string of the molecule is NC(=O)c1cnc(Cc2ccn3ccnc3c2)s1. The molecule has 2 N–H and O–H groups in total. The molecular formula is C12H10N4OS. The Kier molecular flexibility index (Phi) is 2.56. The Labute approximate surface area is 107 Å². The number of hydrogen-bond donors (Lipinski definition) is 1. The second-order valence-corrected chi connectivity index (χ2v) is 5.00. The number of rotatable bonds is 3. The molecule has 0 saturated carbocycles. The maximum absolute atomic E-state index is 11.0. The summed E-state index contributed by atoms with van der Waals surface area (Å²) in [5.41, 5.74) is 7.21. The molecule has 0 unspecified atom stereocenters. The van der Waals surface area contributed by atoms with Crippen molar-refractivity contribution in [2.75, 3.05) is 0 Å². The molecule has 0 aromatic carbocycles. The van der Waals surface area contributed by atoms with Crippen LogP contribution in [0.1, 0.15) is 20.2 Å². The Morgan fingerprint density at radius 1 is 1.39 bits per heavy atom. The van der Waals surface area contributed by atoms with E-state index in [9.17, 15) is 4.79 Å². The van der Waals surface area contributed by atoms with Gasteiger partial charge in [0.25, 0.3) is 5.91 Å². The van der Waals surface area contributed by atoms with Crippen molar-refractivity contribution >= 4 is 22.9 Å². The van der Waals surface area contributed by atoms with Crippen LogP contribution in [0.2, 0.25) is 0 Å². The molecule has 0 aliphatic heterocycles. The number of fused-ring (bicyclic) bond motifs is 1. The molecule has 0 aliphatic rings. The first-order chi connectivity index (χ1) is 8.72. The molecule has 0 spiro atoms. The van der Waals surface area contributed by atoms with Crippen LogP contribution in [-0.2, 0) is 6.42 Å². The summed E-state index contributed by atoms with van der Waals surface area (Å²) in [4.78, 5) is 19.9. The Bertz CT molecular complexity index is 716. The van der Waals surface area contributed by atoms with Gasteiger partial charge >= 0.3 is 0 Å². The van der Waals surface area contributed by atoms with Gasteiger partial charge in [0.2, 0.25) is 0 Å². The molecule has 0 saturated heterocycles. The molecule has 5 nitrogen and oxygen atoms in total. The van der Waals surface area contributed by atoms with E-state index in [2.05, 4.69) is 9.97 Å². The number of nitrogens with zero attached hydrogens (tertiary/aromatic N) is 3. The van der Waals surface area contributed by atoms with Crippen molar-refractivity contribution in [3.8, 4) is 0 Å². The van der Waals surface area contributed by atoms with Crippen molar-refractivity contribution in [3.05, 3.63) is 52.4 Å². The monoisotopic (exact) mass is 258 g/mol. The Balaban J connectivity index is 1.88. The van der Waals surface area contributed by atoms with E-state index < -0.39 is 5.91 Å². The molecule has 3 aromatic heterocycles. The van der Waals surface area contributed by atoms with Gasteiger partial charge in [0.05, 0.1) is 11.2 Å². The largest absolute Gasteiger partial charge is 0.365 e. The van der Waals surface area contributed by atoms with E-state index >= 15 is 0 Å². The minimum Gasteiger partial charge on any atom is -0.365 e. The number of primary amides is 1. The molecule has 0 bridgehead atoms. The summed E-state index contributed by atoms with van der Waals surface area (Å²) in [7, 11) is 0. The summed E-state index contributed by atoms with van der Waals surface area (Å²) >= 11 is 1.33. The molecule has 0 radical (unpaired) electrons. The van der Waals surface area contributed by atoms with Crippen LogP contribution in [0.5, 0.6) is 0 Å². The maximum atomic E-state index is 11.0. The number of nitrogens with two attached hydrogens (primary N) is 1. The molecule has 0 aliphatic carbocycles. The Morgan fingerprint density at radius 2 is 2.28 bits per heavy atom. The van der Waals surface area contributed by atoms with Gasteiger partial charge in [0.1, 0.15) is 10.5 Å². The van der Waals surface area contributed by atoms with Gasteiger partial charge in [0, 0.05) is 25.0 Å². The summed E-state index contributed by atoms with van der Waals surface area (Å²) in [5.74, 6) is -0.428. The third-order valence-electron chi connectivity index (χ3n) is 2.61. The predicted molar refractivity (Wildman–Crippen MR) is 68.6 cm³/mol. The fourth-order valence-electron chi connectivity index (χ4n) is 1.74. The summed E-state index contributed by atoms with van der Waals surface area (Å²) in [6.07, 6.45) is 7.82. The van der Waals surface area contributed by atoms with Crippen molar-refractivity contribution in [1.29, 1.82) is 0 Å². The highest BCUT2D eigenvalue weighted by atomic mass is 32.1. The molecule has 1 amide bonds. The molecular weight excluding hydrogens is 248 g/mol. The maximum Gasteiger partial charge on any atom is 0.260 e. The van der Waals surface area contributed by atoms with Crippen LogP contribution in [0.3, 0.4) is 0 Å². The lowest BCUT2D eigenvalue weighted by atomic mass is 10.2. The Hall–Kier alpha value is -2.21. The number of imidazole rings is 1. The van der Waals surface area contributed by atoms with Gasteiger partial charge in [-0.05, 0) is 17.7 Å². The highest BCUT2D eigenvalue weighted by Crippen LogP contribution is 2.17. The van der Waals surface area contributed by atoms with E-state index in [1.807, 2.05) is 28.9 Å². The Morgan fingerprint density at radius 3 is 3.06 bits per heavy atom. The van der Waals surface area contributed by atoms with E-state index in [-0.39, 0.29) is 0 Å². The van der Waals surface area contributed by atoms with E-state index in [4.69, 9.17) is 5.73 Å². The lowest BCUT2D eigenvalue weighted by Gasteiger charge is -1.99. The van der Waals surface area contributed by atoms with Gasteiger partial charge in [-0.25, -0.2) is 9.97 Å². The van der Waals surface area contributed by atoms with Crippen molar-refractivity contribution in [1.82, 2.24) is 14.4 Å². The third kappa shape index (κ3) is 1.98. The number of carbonyl (C=O) groups is 1. The normalized spacial score (nSPS) is 10.9. The molecule has 3 aromatic rings. The smallest absolute Gasteiger partial charge is 0.260 e. The fraction of sp³-hybridized carbons (Fsp3) is 0.0833. The lowest BCUT2D eigenvalue weighted by Crippen LogP contribution is -2.08. The molecule has 90 valence electrons. The molecule has 0 fully saturated rings. The summed E-state index contributed by atoms with van der Waals surface area (Å²) in [6.45, 7) is 0. The summed E-state index contributed by atoms with van der Waals surface area (Å²) in [5, 5.41) is 0.875. The zero-order chi connectivity index (χ0) is 12.5. The highest BCUT2D eigenvalue weighted by Gasteiger charge is 2.07. The van der Waals surface area contributed by atoms with Gasteiger partial charge in [-0.1, -0.05) is 0 Å². The molecule has 0 atom stereocenters. The average Bonchev–Trinajstić information content (AvgIpc) is 2.96. The molecule has 18 heavy (non-hydrogen) atoms. The molecule has 6 heteroatoms. The van der Waals surface area contributed by atoms with Crippen LogP contribution in [0.15, 0.2) is 36.9 Å². The van der Waals surface area contributed by atoms with Crippen LogP contribution >= 0.6 is 11.3 Å². The van der Waals surface area contributed by atoms with Crippen LogP contribution < -0.4 is 5.73 Å². The zero-order valence-electron chi connectivity index (χ0n) is 9.41. The quantitative estimate of drug-likeness (QED) is 0.773. The fourth-order valence-corrected chi connectivity index (χ4v) is 2.55. The van der Waals surface area contributed by atoms with Crippen LogP contribution in [0, 0.1) is 0 Å².